The molecule has 0 bridgehead atoms. The molecule has 2 N–H and O–H groups in total. The molecule has 2 aromatic carbocycles. The summed E-state index contributed by atoms with van der Waals surface area (Å²) < 4.78 is 52.4. The molecule has 186 valence electrons. The molecule has 35 heavy (non-hydrogen) atoms. The fraction of sp³-hybridized carbons (Fsp3) is 0.360. The molecule has 0 atom stereocenters. The van der Waals surface area contributed by atoms with E-state index in [9.17, 15) is 17.6 Å². The Kier molecular flexibility index (Phi) is 6.59. The largest absolute Gasteiger partial charge is 0.495 e. The Bertz CT molecular complexity index is 1340. The lowest BCUT2D eigenvalue weighted by Gasteiger charge is -2.34. The van der Waals surface area contributed by atoms with Crippen molar-refractivity contribution in [3.05, 3.63) is 59.6 Å². The molecule has 1 fully saturated rings. The molecule has 3 aromatic rings. The molecule has 0 radical (unpaired) electrons. The van der Waals surface area contributed by atoms with Crippen molar-refractivity contribution < 1.29 is 31.9 Å². The number of ether oxygens (including phenoxy) is 1. The zero-order chi connectivity index (χ0) is 25.4. The number of oxazole rings is 1. The van der Waals surface area contributed by atoms with Gasteiger partial charge in [-0.3, -0.25) is 4.72 Å². The number of sulfonamides is 1. The van der Waals surface area contributed by atoms with Crippen LogP contribution in [0.5, 0.6) is 5.75 Å². The molecular formula is C25H27FN2O6S. The number of rotatable bonds is 7. The van der Waals surface area contributed by atoms with Gasteiger partial charge < -0.3 is 14.3 Å². The van der Waals surface area contributed by atoms with Gasteiger partial charge in [0, 0.05) is 11.6 Å². The highest BCUT2D eigenvalue weighted by Crippen LogP contribution is 2.42. The third kappa shape index (κ3) is 5.32. The summed E-state index contributed by atoms with van der Waals surface area (Å²) in [6.45, 7) is 4.60. The molecule has 4 rings (SSSR count). The Labute approximate surface area is 203 Å². The van der Waals surface area contributed by atoms with Crippen LogP contribution in [0.1, 0.15) is 61.4 Å². The number of carbonyl (C=O) groups is 1. The van der Waals surface area contributed by atoms with Crippen molar-refractivity contribution in [3.8, 4) is 17.2 Å². The number of nitrogens with zero attached hydrogens (tertiary/aromatic N) is 1. The third-order valence-electron chi connectivity index (χ3n) is 6.49. The number of benzene rings is 2. The van der Waals surface area contributed by atoms with Crippen molar-refractivity contribution in [3.63, 3.8) is 0 Å². The maximum absolute atomic E-state index is 14.1. The minimum absolute atomic E-state index is 0.126. The molecule has 10 heteroatoms. The highest BCUT2D eigenvalue weighted by molar-refractivity contribution is 7.92. The lowest BCUT2D eigenvalue weighted by atomic mass is 9.71. The number of methoxy groups -OCH3 is 1. The minimum Gasteiger partial charge on any atom is -0.495 e. The molecule has 1 heterocycles. The van der Waals surface area contributed by atoms with Crippen molar-refractivity contribution in [2.75, 3.05) is 11.8 Å². The highest BCUT2D eigenvalue weighted by Gasteiger charge is 2.28. The van der Waals surface area contributed by atoms with Gasteiger partial charge in [0.1, 0.15) is 17.8 Å². The van der Waals surface area contributed by atoms with Crippen LogP contribution in [0.2, 0.25) is 0 Å². The first-order valence-electron chi connectivity index (χ1n) is 11.2. The molecule has 0 aliphatic heterocycles. The first kappa shape index (κ1) is 24.7. The summed E-state index contributed by atoms with van der Waals surface area (Å²) in [6, 6.07) is 9.39. The first-order chi connectivity index (χ1) is 16.5. The standard InChI is InChI=1S/C25H27FN2O6S/c1-25(2)10-8-16(9-11-25)15-4-6-17(7-5-15)23-27-22(14-34-23)35(31,32)28-20-13-19(26)18(24(29)30)12-21(20)33-3/h4-7,12-14,16,28H,8-11H2,1-3H3,(H,29,30). The molecule has 0 saturated heterocycles. The third-order valence-corrected chi connectivity index (χ3v) is 7.72. The molecule has 0 spiro atoms. The number of aromatic nitrogens is 1. The summed E-state index contributed by atoms with van der Waals surface area (Å²) in [6.07, 6.45) is 5.62. The Hall–Kier alpha value is -3.40. The normalized spacial score (nSPS) is 16.1. The van der Waals surface area contributed by atoms with Gasteiger partial charge in [-0.2, -0.15) is 13.4 Å². The summed E-state index contributed by atoms with van der Waals surface area (Å²) in [5, 5.41) is 8.65. The monoisotopic (exact) mass is 502 g/mol. The number of carboxylic acids is 1. The number of halogens is 1. The lowest BCUT2D eigenvalue weighted by molar-refractivity contribution is 0.0691. The number of hydrogen-bond donors (Lipinski definition) is 2. The second-order valence-corrected chi connectivity index (χ2v) is 11.1. The number of aromatic carboxylic acids is 1. The maximum Gasteiger partial charge on any atom is 0.338 e. The number of anilines is 1. The van der Waals surface area contributed by atoms with E-state index in [-0.39, 0.29) is 17.3 Å². The first-order valence-corrected chi connectivity index (χ1v) is 12.7. The zero-order valence-electron chi connectivity index (χ0n) is 19.7. The SMILES string of the molecule is COc1cc(C(=O)O)c(F)cc1NS(=O)(=O)c1coc(-c2ccc(C3CCC(C)(C)CC3)cc2)n1. The van der Waals surface area contributed by atoms with Gasteiger partial charge in [-0.1, -0.05) is 26.0 Å². The van der Waals surface area contributed by atoms with E-state index in [1.165, 1.54) is 25.5 Å². The zero-order valence-corrected chi connectivity index (χ0v) is 20.5. The quantitative estimate of drug-likeness (QED) is 0.427. The van der Waals surface area contributed by atoms with E-state index in [0.717, 1.165) is 31.2 Å². The van der Waals surface area contributed by atoms with Gasteiger partial charge in [-0.15, -0.1) is 0 Å². The summed E-state index contributed by atoms with van der Waals surface area (Å²) in [4.78, 5) is 15.2. The molecule has 1 aliphatic rings. The van der Waals surface area contributed by atoms with Gasteiger partial charge in [0.05, 0.1) is 18.4 Å². The predicted molar refractivity (Wildman–Crippen MR) is 128 cm³/mol. The topological polar surface area (TPSA) is 119 Å². The lowest BCUT2D eigenvalue weighted by Crippen LogP contribution is -2.20. The molecule has 1 aromatic heterocycles. The molecule has 1 aliphatic carbocycles. The Morgan fingerprint density at radius 3 is 2.46 bits per heavy atom. The fourth-order valence-electron chi connectivity index (χ4n) is 4.31. The van der Waals surface area contributed by atoms with Gasteiger partial charge in [0.15, 0.2) is 0 Å². The van der Waals surface area contributed by atoms with E-state index < -0.39 is 32.4 Å². The van der Waals surface area contributed by atoms with Gasteiger partial charge in [-0.25, -0.2) is 9.18 Å². The van der Waals surface area contributed by atoms with E-state index in [1.54, 1.807) is 0 Å². The molecule has 1 saturated carbocycles. The minimum atomic E-state index is -4.27. The van der Waals surface area contributed by atoms with Crippen molar-refractivity contribution >= 4 is 21.7 Å². The number of nitrogens with one attached hydrogen (secondary N) is 1. The van der Waals surface area contributed by atoms with Crippen molar-refractivity contribution in [1.29, 1.82) is 0 Å². The number of carboxylic acid groups (broad SMARTS) is 1. The molecular weight excluding hydrogens is 475 g/mol. The smallest absolute Gasteiger partial charge is 0.338 e. The van der Waals surface area contributed by atoms with Crippen LogP contribution in [0.25, 0.3) is 11.5 Å². The summed E-state index contributed by atoms with van der Waals surface area (Å²) >= 11 is 0. The van der Waals surface area contributed by atoms with E-state index in [0.29, 0.717) is 16.9 Å². The van der Waals surface area contributed by atoms with Crippen LogP contribution in [0.4, 0.5) is 10.1 Å². The van der Waals surface area contributed by atoms with Gasteiger partial charge in [0.2, 0.25) is 10.9 Å². The van der Waals surface area contributed by atoms with Gasteiger partial charge in [0.25, 0.3) is 10.0 Å². The van der Waals surface area contributed by atoms with Crippen LogP contribution in [0, 0.1) is 11.2 Å². The second-order valence-electron chi connectivity index (χ2n) is 9.49. The van der Waals surface area contributed by atoms with Crippen LogP contribution >= 0.6 is 0 Å². The van der Waals surface area contributed by atoms with Crippen LogP contribution in [-0.4, -0.2) is 31.6 Å². The molecule has 8 nitrogen and oxygen atoms in total. The Morgan fingerprint density at radius 1 is 1.20 bits per heavy atom. The fourth-order valence-corrected chi connectivity index (χ4v) is 5.24. The van der Waals surface area contributed by atoms with Crippen LogP contribution in [-0.2, 0) is 10.0 Å². The second kappa shape index (κ2) is 9.33. The van der Waals surface area contributed by atoms with E-state index in [4.69, 9.17) is 14.3 Å². The predicted octanol–water partition coefficient (Wildman–Crippen LogP) is 5.67. The van der Waals surface area contributed by atoms with Crippen molar-refractivity contribution in [1.82, 2.24) is 4.98 Å². The van der Waals surface area contributed by atoms with Gasteiger partial charge in [-0.05, 0) is 60.8 Å². The summed E-state index contributed by atoms with van der Waals surface area (Å²) in [5.74, 6) is -2.14. The molecule has 0 amide bonds. The average molecular weight is 503 g/mol. The summed E-state index contributed by atoms with van der Waals surface area (Å²) in [5.41, 5.74) is 1.34. The summed E-state index contributed by atoms with van der Waals surface area (Å²) in [7, 11) is -3.06. The molecule has 0 unspecified atom stereocenters. The van der Waals surface area contributed by atoms with E-state index >= 15 is 0 Å². The van der Waals surface area contributed by atoms with Crippen LogP contribution in [0.3, 0.4) is 0 Å². The van der Waals surface area contributed by atoms with E-state index in [2.05, 4.69) is 23.6 Å². The van der Waals surface area contributed by atoms with Crippen molar-refractivity contribution in [2.45, 2.75) is 50.5 Å². The maximum atomic E-state index is 14.1. The van der Waals surface area contributed by atoms with Gasteiger partial charge >= 0.3 is 5.97 Å². The average Bonchev–Trinajstić information content (AvgIpc) is 3.30. The highest BCUT2D eigenvalue weighted by atomic mass is 32.2. The van der Waals surface area contributed by atoms with Crippen LogP contribution < -0.4 is 9.46 Å². The Morgan fingerprint density at radius 2 is 1.86 bits per heavy atom. The van der Waals surface area contributed by atoms with E-state index in [1.807, 2.05) is 24.3 Å². The Balaban J connectivity index is 1.52. The number of hydrogen-bond acceptors (Lipinski definition) is 6. The van der Waals surface area contributed by atoms with Crippen molar-refractivity contribution in [2.24, 2.45) is 5.41 Å². The van der Waals surface area contributed by atoms with Crippen LogP contribution in [0.15, 0.2) is 52.1 Å².